The first-order valence-corrected chi connectivity index (χ1v) is 5.03. The molecule has 1 aromatic rings. The molecule has 0 aliphatic carbocycles. The van der Waals surface area contributed by atoms with E-state index in [1.165, 1.54) is 6.92 Å². The van der Waals surface area contributed by atoms with Crippen molar-refractivity contribution < 1.29 is 27.1 Å². The van der Waals surface area contributed by atoms with Crippen molar-refractivity contribution in [3.8, 4) is 0 Å². The number of anilines is 1. The van der Waals surface area contributed by atoms with Gasteiger partial charge in [0, 0.05) is 0 Å². The Balaban J connectivity index is 2.80. The number of oxazole rings is 1. The lowest BCUT2D eigenvalue weighted by molar-refractivity contribution is -0.157. The van der Waals surface area contributed by atoms with Crippen LogP contribution < -0.4 is 5.32 Å². The highest BCUT2D eigenvalue weighted by atomic mass is 19.4. The molecule has 0 aliphatic rings. The molecule has 0 atom stereocenters. The molecule has 0 aromatic carbocycles. The van der Waals surface area contributed by atoms with Crippen LogP contribution in [0.3, 0.4) is 0 Å². The van der Waals surface area contributed by atoms with Crippen LogP contribution in [0.1, 0.15) is 32.4 Å². The molecular weight excluding hydrogens is 253 g/mol. The zero-order chi connectivity index (χ0) is 14.1. The summed E-state index contributed by atoms with van der Waals surface area (Å²) in [5, 5.41) is 2.09. The molecule has 0 unspecified atom stereocenters. The second-order valence-electron chi connectivity index (χ2n) is 4.55. The standard InChI is InChI=1S/C10H13F3N2O3/c1-5-6(14-7(17-5)10(11,12)13)15-8(16)18-9(2,3)4/h1-4H3,(H,15,16). The fourth-order valence-corrected chi connectivity index (χ4v) is 1.03. The lowest BCUT2D eigenvalue weighted by Gasteiger charge is -2.19. The van der Waals surface area contributed by atoms with Gasteiger partial charge in [-0.25, -0.2) is 4.79 Å². The normalized spacial score (nSPS) is 12.4. The second kappa shape index (κ2) is 4.51. The number of rotatable bonds is 1. The van der Waals surface area contributed by atoms with Gasteiger partial charge in [0.2, 0.25) is 0 Å². The van der Waals surface area contributed by atoms with Crippen LogP contribution in [-0.4, -0.2) is 16.7 Å². The number of ether oxygens (including phenoxy) is 1. The van der Waals surface area contributed by atoms with Crippen molar-refractivity contribution in [3.05, 3.63) is 11.7 Å². The van der Waals surface area contributed by atoms with Gasteiger partial charge in [0.1, 0.15) is 11.4 Å². The number of hydrogen-bond donors (Lipinski definition) is 1. The van der Waals surface area contributed by atoms with E-state index in [0.717, 1.165) is 0 Å². The zero-order valence-electron chi connectivity index (χ0n) is 10.3. The number of amides is 1. The Hall–Kier alpha value is -1.73. The smallest absolute Gasteiger partial charge is 0.444 e. The lowest BCUT2D eigenvalue weighted by Crippen LogP contribution is -2.27. The van der Waals surface area contributed by atoms with Crippen molar-refractivity contribution in [2.45, 2.75) is 39.5 Å². The third kappa shape index (κ3) is 3.94. The van der Waals surface area contributed by atoms with E-state index in [2.05, 4.69) is 14.7 Å². The van der Waals surface area contributed by atoms with E-state index in [1.54, 1.807) is 20.8 Å². The number of aromatic nitrogens is 1. The zero-order valence-corrected chi connectivity index (χ0v) is 10.3. The van der Waals surface area contributed by atoms with E-state index < -0.39 is 23.8 Å². The SMILES string of the molecule is Cc1oc(C(F)(F)F)nc1NC(=O)OC(C)(C)C. The molecule has 0 aliphatic heterocycles. The summed E-state index contributed by atoms with van der Waals surface area (Å²) >= 11 is 0. The molecule has 102 valence electrons. The maximum atomic E-state index is 12.3. The first-order chi connectivity index (χ1) is 7.99. The van der Waals surface area contributed by atoms with Crippen LogP contribution in [0, 0.1) is 6.92 Å². The van der Waals surface area contributed by atoms with Crippen LogP contribution in [0.4, 0.5) is 23.8 Å². The number of alkyl halides is 3. The van der Waals surface area contributed by atoms with Crippen LogP contribution in [0.5, 0.6) is 0 Å². The summed E-state index contributed by atoms with van der Waals surface area (Å²) in [4.78, 5) is 14.5. The third-order valence-electron chi connectivity index (χ3n) is 1.66. The van der Waals surface area contributed by atoms with Crippen LogP contribution in [-0.2, 0) is 10.9 Å². The van der Waals surface area contributed by atoms with Crippen molar-refractivity contribution >= 4 is 11.9 Å². The molecule has 5 nitrogen and oxygen atoms in total. The van der Waals surface area contributed by atoms with Gasteiger partial charge in [0.15, 0.2) is 5.82 Å². The molecule has 0 radical (unpaired) electrons. The van der Waals surface area contributed by atoms with Gasteiger partial charge in [-0.2, -0.15) is 18.2 Å². The minimum Gasteiger partial charge on any atom is -0.444 e. The fourth-order valence-electron chi connectivity index (χ4n) is 1.03. The average Bonchev–Trinajstić information content (AvgIpc) is 2.43. The predicted molar refractivity (Wildman–Crippen MR) is 56.1 cm³/mol. The van der Waals surface area contributed by atoms with Gasteiger partial charge in [0.25, 0.3) is 0 Å². The highest BCUT2D eigenvalue weighted by Crippen LogP contribution is 2.31. The van der Waals surface area contributed by atoms with Gasteiger partial charge in [-0.15, -0.1) is 0 Å². The maximum absolute atomic E-state index is 12.3. The molecule has 0 spiro atoms. The summed E-state index contributed by atoms with van der Waals surface area (Å²) in [6.45, 7) is 6.14. The topological polar surface area (TPSA) is 64.4 Å². The van der Waals surface area contributed by atoms with E-state index in [1.807, 2.05) is 0 Å². The van der Waals surface area contributed by atoms with E-state index in [0.29, 0.717) is 0 Å². The summed E-state index contributed by atoms with van der Waals surface area (Å²) in [6, 6.07) is 0. The molecule has 1 heterocycles. The van der Waals surface area contributed by atoms with Gasteiger partial charge in [0.05, 0.1) is 0 Å². The highest BCUT2D eigenvalue weighted by molar-refractivity contribution is 5.84. The molecule has 1 rings (SSSR count). The largest absolute Gasteiger partial charge is 0.469 e. The number of hydrogen-bond acceptors (Lipinski definition) is 4. The number of nitrogens with zero attached hydrogens (tertiary/aromatic N) is 1. The monoisotopic (exact) mass is 266 g/mol. The van der Waals surface area contributed by atoms with Crippen LogP contribution >= 0.6 is 0 Å². The van der Waals surface area contributed by atoms with Crippen LogP contribution in [0.2, 0.25) is 0 Å². The van der Waals surface area contributed by atoms with E-state index in [4.69, 9.17) is 4.74 Å². The molecule has 0 fully saturated rings. The number of carbonyl (C=O) groups excluding carboxylic acids is 1. The van der Waals surface area contributed by atoms with Crippen molar-refractivity contribution in [2.75, 3.05) is 5.32 Å². The summed E-state index contributed by atoms with van der Waals surface area (Å²) < 4.78 is 46.2. The summed E-state index contributed by atoms with van der Waals surface area (Å²) in [6.07, 6.45) is -5.59. The predicted octanol–water partition coefficient (Wildman–Crippen LogP) is 3.35. The Morgan fingerprint density at radius 2 is 1.89 bits per heavy atom. The molecule has 0 saturated heterocycles. The van der Waals surface area contributed by atoms with Crippen molar-refractivity contribution in [1.82, 2.24) is 4.98 Å². The number of aryl methyl sites for hydroxylation is 1. The number of nitrogens with one attached hydrogen (secondary N) is 1. The van der Waals surface area contributed by atoms with Gasteiger partial charge >= 0.3 is 18.2 Å². The molecule has 1 amide bonds. The molecule has 18 heavy (non-hydrogen) atoms. The minimum absolute atomic E-state index is 0.145. The van der Waals surface area contributed by atoms with Gasteiger partial charge in [-0.05, 0) is 27.7 Å². The van der Waals surface area contributed by atoms with E-state index >= 15 is 0 Å². The average molecular weight is 266 g/mol. The second-order valence-corrected chi connectivity index (χ2v) is 4.55. The van der Waals surface area contributed by atoms with Crippen LogP contribution in [0.15, 0.2) is 4.42 Å². The molecule has 0 bridgehead atoms. The number of carbonyl (C=O) groups is 1. The molecule has 0 saturated carbocycles. The quantitative estimate of drug-likeness (QED) is 0.846. The lowest BCUT2D eigenvalue weighted by atomic mass is 10.2. The van der Waals surface area contributed by atoms with Gasteiger partial charge < -0.3 is 9.15 Å². The maximum Gasteiger partial charge on any atom is 0.469 e. The fraction of sp³-hybridized carbons (Fsp3) is 0.600. The minimum atomic E-state index is -4.70. The molecule has 8 heteroatoms. The first-order valence-electron chi connectivity index (χ1n) is 5.03. The van der Waals surface area contributed by atoms with E-state index in [-0.39, 0.29) is 11.6 Å². The molecular formula is C10H13F3N2O3. The Labute approximate surface area is 101 Å². The van der Waals surface area contributed by atoms with Gasteiger partial charge in [-0.1, -0.05) is 0 Å². The Morgan fingerprint density at radius 3 is 2.28 bits per heavy atom. The highest BCUT2D eigenvalue weighted by Gasteiger charge is 2.38. The Morgan fingerprint density at radius 1 is 1.33 bits per heavy atom. The van der Waals surface area contributed by atoms with Crippen molar-refractivity contribution in [2.24, 2.45) is 0 Å². The molecule has 1 aromatic heterocycles. The number of halogens is 3. The summed E-state index contributed by atoms with van der Waals surface area (Å²) in [5.74, 6) is -1.86. The van der Waals surface area contributed by atoms with Crippen molar-refractivity contribution in [1.29, 1.82) is 0 Å². The Bertz CT molecular complexity index is 446. The molecule has 1 N–H and O–H groups in total. The van der Waals surface area contributed by atoms with E-state index in [9.17, 15) is 18.0 Å². The van der Waals surface area contributed by atoms with Gasteiger partial charge in [-0.3, -0.25) is 5.32 Å². The third-order valence-corrected chi connectivity index (χ3v) is 1.66. The summed E-state index contributed by atoms with van der Waals surface area (Å²) in [7, 11) is 0. The van der Waals surface area contributed by atoms with Crippen LogP contribution in [0.25, 0.3) is 0 Å². The van der Waals surface area contributed by atoms with Crippen molar-refractivity contribution in [3.63, 3.8) is 0 Å². The Kier molecular flexibility index (Phi) is 3.59. The first kappa shape index (κ1) is 14.3. The summed E-state index contributed by atoms with van der Waals surface area (Å²) in [5.41, 5.74) is -0.755.